The molecule has 3 aromatic carbocycles. The normalized spacial score (nSPS) is 11.5. The van der Waals surface area contributed by atoms with Gasteiger partial charge in [-0.25, -0.2) is 8.42 Å². The van der Waals surface area contributed by atoms with Crippen molar-refractivity contribution in [3.63, 3.8) is 0 Å². The van der Waals surface area contributed by atoms with Gasteiger partial charge in [0.05, 0.1) is 4.90 Å². The van der Waals surface area contributed by atoms with Crippen molar-refractivity contribution in [2.45, 2.75) is 4.90 Å². The average Bonchev–Trinajstić information content (AvgIpc) is 2.54. The van der Waals surface area contributed by atoms with E-state index in [0.29, 0.717) is 5.56 Å². The minimum absolute atomic E-state index is 0.170. The highest BCUT2D eigenvalue weighted by atomic mass is 32.2. The van der Waals surface area contributed by atoms with E-state index >= 15 is 0 Å². The van der Waals surface area contributed by atoms with Gasteiger partial charge in [-0.3, -0.25) is 4.79 Å². The summed E-state index contributed by atoms with van der Waals surface area (Å²) in [7, 11) is -3.63. The fourth-order valence-corrected chi connectivity index (χ4v) is 3.67. The van der Waals surface area contributed by atoms with E-state index in [1.54, 1.807) is 30.3 Å². The minimum atomic E-state index is -3.63. The fraction of sp³-hybridized carbons (Fsp3) is 0.0556. The Labute approximate surface area is 129 Å². The predicted molar refractivity (Wildman–Crippen MR) is 86.8 cm³/mol. The third-order valence-electron chi connectivity index (χ3n) is 3.51. The summed E-state index contributed by atoms with van der Waals surface area (Å²) >= 11 is 0. The Morgan fingerprint density at radius 1 is 0.773 bits per heavy atom. The Morgan fingerprint density at radius 3 is 2.18 bits per heavy atom. The first-order valence-corrected chi connectivity index (χ1v) is 8.52. The summed E-state index contributed by atoms with van der Waals surface area (Å²) in [5.74, 6) is -0.911. The van der Waals surface area contributed by atoms with Crippen molar-refractivity contribution < 1.29 is 13.2 Å². The van der Waals surface area contributed by atoms with E-state index in [-0.39, 0.29) is 10.7 Å². The Bertz CT molecular complexity index is 923. The van der Waals surface area contributed by atoms with Gasteiger partial charge in [0.2, 0.25) is 0 Å². The van der Waals surface area contributed by atoms with Gasteiger partial charge in [-0.2, -0.15) is 0 Å². The van der Waals surface area contributed by atoms with E-state index in [1.165, 1.54) is 12.1 Å². The zero-order chi connectivity index (χ0) is 15.6. The maximum atomic E-state index is 12.5. The van der Waals surface area contributed by atoms with E-state index in [2.05, 4.69) is 0 Å². The van der Waals surface area contributed by atoms with Crippen LogP contribution in [0.3, 0.4) is 0 Å². The van der Waals surface area contributed by atoms with Gasteiger partial charge in [-0.05, 0) is 22.9 Å². The van der Waals surface area contributed by atoms with E-state index in [4.69, 9.17) is 0 Å². The van der Waals surface area contributed by atoms with Crippen LogP contribution in [0.25, 0.3) is 10.8 Å². The molecule has 0 radical (unpaired) electrons. The molecule has 3 aromatic rings. The number of carbonyl (C=O) groups excluding carboxylic acids is 1. The highest BCUT2D eigenvalue weighted by molar-refractivity contribution is 7.92. The van der Waals surface area contributed by atoms with E-state index in [9.17, 15) is 13.2 Å². The van der Waals surface area contributed by atoms with Crippen LogP contribution >= 0.6 is 0 Å². The monoisotopic (exact) mass is 310 g/mol. The number of rotatable bonds is 4. The molecule has 4 heteroatoms. The van der Waals surface area contributed by atoms with Crippen LogP contribution in [0.4, 0.5) is 0 Å². The standard InChI is InChI=1S/C18H14O3S/c19-18(13-22(20,21)15-9-2-1-3-10-15)17-12-6-8-14-7-4-5-11-16(14)17/h1-12H,13H2. The molecule has 22 heavy (non-hydrogen) atoms. The topological polar surface area (TPSA) is 51.2 Å². The molecule has 0 aromatic heterocycles. The predicted octanol–water partition coefficient (Wildman–Crippen LogP) is 3.50. The van der Waals surface area contributed by atoms with Gasteiger partial charge in [0.15, 0.2) is 15.6 Å². The van der Waals surface area contributed by atoms with Gasteiger partial charge in [0, 0.05) is 5.56 Å². The second-order valence-electron chi connectivity index (χ2n) is 5.02. The average molecular weight is 310 g/mol. The van der Waals surface area contributed by atoms with E-state index < -0.39 is 15.6 Å². The number of carbonyl (C=O) groups is 1. The Morgan fingerprint density at radius 2 is 1.41 bits per heavy atom. The highest BCUT2D eigenvalue weighted by Crippen LogP contribution is 2.20. The summed E-state index contributed by atoms with van der Waals surface area (Å²) in [5, 5.41) is 1.70. The van der Waals surface area contributed by atoms with Gasteiger partial charge in [-0.1, -0.05) is 60.7 Å². The maximum Gasteiger partial charge on any atom is 0.185 e. The lowest BCUT2D eigenvalue weighted by Crippen LogP contribution is -2.16. The minimum Gasteiger partial charge on any atom is -0.293 e. The van der Waals surface area contributed by atoms with Crippen molar-refractivity contribution in [2.24, 2.45) is 0 Å². The van der Waals surface area contributed by atoms with Gasteiger partial charge >= 0.3 is 0 Å². The van der Waals surface area contributed by atoms with E-state index in [0.717, 1.165) is 10.8 Å². The quantitative estimate of drug-likeness (QED) is 0.693. The van der Waals surface area contributed by atoms with Crippen LogP contribution in [0.2, 0.25) is 0 Å². The maximum absolute atomic E-state index is 12.5. The third-order valence-corrected chi connectivity index (χ3v) is 5.15. The summed E-state index contributed by atoms with van der Waals surface area (Å²) in [6, 6.07) is 20.8. The lowest BCUT2D eigenvalue weighted by atomic mass is 10.0. The van der Waals surface area contributed by atoms with Crippen LogP contribution in [0.5, 0.6) is 0 Å². The molecule has 0 bridgehead atoms. The van der Waals surface area contributed by atoms with Crippen molar-refractivity contribution in [1.29, 1.82) is 0 Å². The molecule has 0 aliphatic carbocycles. The first-order valence-electron chi connectivity index (χ1n) is 6.87. The number of fused-ring (bicyclic) bond motifs is 1. The first-order chi connectivity index (χ1) is 10.6. The van der Waals surface area contributed by atoms with Crippen molar-refractivity contribution in [3.8, 4) is 0 Å². The van der Waals surface area contributed by atoms with Crippen LogP contribution in [0.15, 0.2) is 77.7 Å². The van der Waals surface area contributed by atoms with Crippen LogP contribution < -0.4 is 0 Å². The molecule has 0 saturated heterocycles. The number of sulfone groups is 1. The Hall–Kier alpha value is -2.46. The number of hydrogen-bond acceptors (Lipinski definition) is 3. The lowest BCUT2D eigenvalue weighted by Gasteiger charge is -2.07. The first kappa shape index (κ1) is 14.5. The molecule has 0 unspecified atom stereocenters. The Balaban J connectivity index is 1.98. The molecule has 110 valence electrons. The summed E-state index contributed by atoms with van der Waals surface area (Å²) in [6.07, 6.45) is 0. The smallest absolute Gasteiger partial charge is 0.185 e. The largest absolute Gasteiger partial charge is 0.293 e. The van der Waals surface area contributed by atoms with Gasteiger partial charge < -0.3 is 0 Å². The molecule has 0 N–H and O–H groups in total. The zero-order valence-electron chi connectivity index (χ0n) is 11.8. The molecule has 0 fully saturated rings. The Kier molecular flexibility index (Phi) is 3.77. The van der Waals surface area contributed by atoms with E-state index in [1.807, 2.05) is 30.3 Å². The molecule has 0 aliphatic rings. The molecule has 0 amide bonds. The SMILES string of the molecule is O=C(CS(=O)(=O)c1ccccc1)c1cccc2ccccc12. The van der Waals surface area contributed by atoms with Gasteiger partial charge in [-0.15, -0.1) is 0 Å². The second-order valence-corrected chi connectivity index (χ2v) is 7.01. The van der Waals surface area contributed by atoms with Crippen LogP contribution in [0, 0.1) is 0 Å². The van der Waals surface area contributed by atoms with Crippen molar-refractivity contribution >= 4 is 26.4 Å². The number of hydrogen-bond donors (Lipinski definition) is 0. The summed E-state index contributed by atoms with van der Waals surface area (Å²) in [4.78, 5) is 12.6. The van der Waals surface area contributed by atoms with Crippen LogP contribution in [-0.4, -0.2) is 20.0 Å². The molecule has 0 heterocycles. The van der Waals surface area contributed by atoms with Crippen molar-refractivity contribution in [1.82, 2.24) is 0 Å². The van der Waals surface area contributed by atoms with Crippen LogP contribution in [0.1, 0.15) is 10.4 Å². The lowest BCUT2D eigenvalue weighted by molar-refractivity contribution is 0.102. The molecular formula is C18H14O3S. The van der Waals surface area contributed by atoms with Gasteiger partial charge in [0.1, 0.15) is 5.75 Å². The molecule has 0 spiro atoms. The summed E-state index contributed by atoms with van der Waals surface area (Å²) < 4.78 is 24.7. The van der Waals surface area contributed by atoms with Crippen LogP contribution in [-0.2, 0) is 9.84 Å². The number of Topliss-reactive ketones (excluding diaryl/α,β-unsaturated/α-hetero) is 1. The molecular weight excluding hydrogens is 296 g/mol. The fourth-order valence-electron chi connectivity index (χ4n) is 2.43. The number of benzene rings is 3. The number of ketones is 1. The highest BCUT2D eigenvalue weighted by Gasteiger charge is 2.21. The molecule has 0 atom stereocenters. The van der Waals surface area contributed by atoms with Gasteiger partial charge in [0.25, 0.3) is 0 Å². The molecule has 3 nitrogen and oxygen atoms in total. The zero-order valence-corrected chi connectivity index (χ0v) is 12.6. The molecule has 0 saturated carbocycles. The second kappa shape index (κ2) is 5.73. The summed E-state index contributed by atoms with van der Waals surface area (Å²) in [5.41, 5.74) is 0.442. The summed E-state index contributed by atoms with van der Waals surface area (Å²) in [6.45, 7) is 0. The molecule has 3 rings (SSSR count). The van der Waals surface area contributed by atoms with Crippen molar-refractivity contribution in [3.05, 3.63) is 78.4 Å². The molecule has 0 aliphatic heterocycles. The van der Waals surface area contributed by atoms with Crippen molar-refractivity contribution in [2.75, 3.05) is 5.75 Å². The third kappa shape index (κ3) is 2.78.